The lowest BCUT2D eigenvalue weighted by Gasteiger charge is -2.21. The third kappa shape index (κ3) is 3.07. The highest BCUT2D eigenvalue weighted by molar-refractivity contribution is 9.10. The molecule has 0 saturated heterocycles. The molecule has 0 aliphatic carbocycles. The van der Waals surface area contributed by atoms with Gasteiger partial charge in [-0.3, -0.25) is 14.4 Å². The molecule has 1 aliphatic heterocycles. The van der Waals surface area contributed by atoms with Crippen LogP contribution >= 0.6 is 15.9 Å². The molecule has 7 heteroatoms. The molecule has 0 spiro atoms. The predicted octanol–water partition coefficient (Wildman–Crippen LogP) is 2.32. The number of carbonyl (C=O) groups is 3. The number of hydrogen-bond acceptors (Lipinski definition) is 4. The molecule has 0 fully saturated rings. The van der Waals surface area contributed by atoms with Crippen LogP contribution in [0.25, 0.3) is 0 Å². The Morgan fingerprint density at radius 3 is 2.62 bits per heavy atom. The highest BCUT2D eigenvalue weighted by Crippen LogP contribution is 2.35. The van der Waals surface area contributed by atoms with Crippen LogP contribution in [0.4, 0.5) is 5.69 Å². The summed E-state index contributed by atoms with van der Waals surface area (Å²) in [5.41, 5.74) is 0.819. The summed E-state index contributed by atoms with van der Waals surface area (Å²) in [4.78, 5) is 34.7. The highest BCUT2D eigenvalue weighted by Gasteiger charge is 2.29. The van der Waals surface area contributed by atoms with Crippen molar-refractivity contribution >= 4 is 39.3 Å². The molecule has 1 aromatic carbocycles. The maximum atomic E-state index is 12.4. The van der Waals surface area contributed by atoms with Crippen molar-refractivity contribution in [2.75, 3.05) is 11.9 Å². The second-order valence-electron chi connectivity index (χ2n) is 4.94. The number of carboxylic acid groups (broad SMARTS) is 1. The Balaban J connectivity index is 2.34. The number of nitrogens with one attached hydrogen (secondary N) is 1. The average molecular weight is 356 g/mol. The molecule has 0 aromatic heterocycles. The van der Waals surface area contributed by atoms with Crippen molar-refractivity contribution in [1.82, 2.24) is 0 Å². The highest BCUT2D eigenvalue weighted by atomic mass is 79.9. The SMILES string of the molecule is CC(C(=O)O)C(C)C(=O)c1cc2c(cc1Br)NC(=O)CO2. The number of hydrogen-bond donors (Lipinski definition) is 2. The van der Waals surface area contributed by atoms with E-state index in [9.17, 15) is 14.4 Å². The summed E-state index contributed by atoms with van der Waals surface area (Å²) in [7, 11) is 0. The van der Waals surface area contributed by atoms with Crippen molar-refractivity contribution in [2.24, 2.45) is 11.8 Å². The fourth-order valence-electron chi connectivity index (χ4n) is 1.98. The number of benzene rings is 1. The third-order valence-corrected chi connectivity index (χ3v) is 4.18. The zero-order valence-electron chi connectivity index (χ0n) is 11.5. The lowest BCUT2D eigenvalue weighted by molar-refractivity contribution is -0.142. The van der Waals surface area contributed by atoms with E-state index in [1.807, 2.05) is 0 Å². The molecule has 21 heavy (non-hydrogen) atoms. The fourth-order valence-corrected chi connectivity index (χ4v) is 2.51. The van der Waals surface area contributed by atoms with Crippen molar-refractivity contribution in [3.63, 3.8) is 0 Å². The van der Waals surface area contributed by atoms with Gasteiger partial charge in [0.05, 0.1) is 11.6 Å². The van der Waals surface area contributed by atoms with Gasteiger partial charge in [0.1, 0.15) is 5.75 Å². The van der Waals surface area contributed by atoms with Gasteiger partial charge >= 0.3 is 5.97 Å². The van der Waals surface area contributed by atoms with Gasteiger partial charge in [-0.15, -0.1) is 0 Å². The van der Waals surface area contributed by atoms with Crippen LogP contribution in [0, 0.1) is 11.8 Å². The predicted molar refractivity (Wildman–Crippen MR) is 78.6 cm³/mol. The molecule has 1 heterocycles. The second-order valence-corrected chi connectivity index (χ2v) is 5.80. The summed E-state index contributed by atoms with van der Waals surface area (Å²) >= 11 is 3.28. The molecule has 2 rings (SSSR count). The molecule has 1 amide bonds. The van der Waals surface area contributed by atoms with Gasteiger partial charge in [0.2, 0.25) is 0 Å². The average Bonchev–Trinajstić information content (AvgIpc) is 2.44. The van der Waals surface area contributed by atoms with Crippen molar-refractivity contribution in [1.29, 1.82) is 0 Å². The Morgan fingerprint density at radius 2 is 2.00 bits per heavy atom. The van der Waals surface area contributed by atoms with Crippen LogP contribution in [0.15, 0.2) is 16.6 Å². The second kappa shape index (κ2) is 5.85. The van der Waals surface area contributed by atoms with Gasteiger partial charge in [-0.05, 0) is 28.1 Å². The van der Waals surface area contributed by atoms with Crippen LogP contribution < -0.4 is 10.1 Å². The number of ketones is 1. The van der Waals surface area contributed by atoms with Crippen LogP contribution in [0.3, 0.4) is 0 Å². The van der Waals surface area contributed by atoms with E-state index in [1.165, 1.54) is 13.0 Å². The zero-order valence-corrected chi connectivity index (χ0v) is 13.1. The first-order valence-corrected chi connectivity index (χ1v) is 7.13. The minimum Gasteiger partial charge on any atom is -0.482 e. The minimum atomic E-state index is -1.02. The van der Waals surface area contributed by atoms with Gasteiger partial charge in [-0.1, -0.05) is 13.8 Å². The number of amides is 1. The van der Waals surface area contributed by atoms with Crippen LogP contribution in [-0.4, -0.2) is 29.4 Å². The number of carboxylic acids is 1. The molecular formula is C14H14BrNO5. The van der Waals surface area contributed by atoms with E-state index in [0.29, 0.717) is 21.5 Å². The molecule has 0 saturated carbocycles. The molecule has 0 bridgehead atoms. The summed E-state index contributed by atoms with van der Waals surface area (Å²) in [5.74, 6) is -2.64. The Labute approximate surface area is 129 Å². The van der Waals surface area contributed by atoms with Crippen molar-refractivity contribution in [3.05, 3.63) is 22.2 Å². The summed E-state index contributed by atoms with van der Waals surface area (Å²) in [6, 6.07) is 3.10. The number of ether oxygens (including phenoxy) is 1. The topological polar surface area (TPSA) is 92.7 Å². The van der Waals surface area contributed by atoms with Crippen LogP contribution in [0.5, 0.6) is 5.75 Å². The maximum Gasteiger partial charge on any atom is 0.306 e. The van der Waals surface area contributed by atoms with E-state index in [1.54, 1.807) is 13.0 Å². The number of fused-ring (bicyclic) bond motifs is 1. The Morgan fingerprint density at radius 1 is 1.33 bits per heavy atom. The first-order chi connectivity index (χ1) is 9.81. The molecule has 112 valence electrons. The Bertz CT molecular complexity index is 628. The number of carbonyl (C=O) groups excluding carboxylic acids is 2. The molecular weight excluding hydrogens is 342 g/mol. The van der Waals surface area contributed by atoms with E-state index in [-0.39, 0.29) is 18.3 Å². The number of anilines is 1. The van der Waals surface area contributed by atoms with E-state index >= 15 is 0 Å². The van der Waals surface area contributed by atoms with E-state index in [2.05, 4.69) is 21.2 Å². The zero-order chi connectivity index (χ0) is 15.7. The molecule has 0 radical (unpaired) electrons. The summed E-state index contributed by atoms with van der Waals surface area (Å²) in [5, 5.41) is 11.6. The van der Waals surface area contributed by atoms with Crippen LogP contribution in [0.2, 0.25) is 0 Å². The molecule has 1 aromatic rings. The van der Waals surface area contributed by atoms with Gasteiger partial charge in [0.15, 0.2) is 12.4 Å². The van der Waals surface area contributed by atoms with Crippen LogP contribution in [0.1, 0.15) is 24.2 Å². The standard InChI is InChI=1S/C14H14BrNO5/c1-6(7(2)14(19)20)13(18)8-3-11-10(4-9(8)15)16-12(17)5-21-11/h3-4,6-7H,5H2,1-2H3,(H,16,17)(H,19,20). The van der Waals surface area contributed by atoms with Crippen LogP contribution in [-0.2, 0) is 9.59 Å². The Kier molecular flexibility index (Phi) is 4.32. The third-order valence-electron chi connectivity index (χ3n) is 3.52. The first-order valence-electron chi connectivity index (χ1n) is 6.34. The minimum absolute atomic E-state index is 0.108. The van der Waals surface area contributed by atoms with Gasteiger partial charge in [-0.25, -0.2) is 0 Å². The lowest BCUT2D eigenvalue weighted by atomic mass is 9.88. The van der Waals surface area contributed by atoms with Gasteiger partial charge in [0.25, 0.3) is 5.91 Å². The number of halogens is 1. The van der Waals surface area contributed by atoms with Crippen molar-refractivity contribution in [3.8, 4) is 5.75 Å². The number of aliphatic carboxylic acids is 1. The van der Waals surface area contributed by atoms with Crippen molar-refractivity contribution < 1.29 is 24.2 Å². The van der Waals surface area contributed by atoms with E-state index < -0.39 is 17.8 Å². The normalized spacial score (nSPS) is 16.2. The van der Waals surface area contributed by atoms with Gasteiger partial charge in [-0.2, -0.15) is 0 Å². The summed E-state index contributed by atoms with van der Waals surface area (Å²) < 4.78 is 5.76. The molecule has 6 nitrogen and oxygen atoms in total. The first kappa shape index (κ1) is 15.5. The maximum absolute atomic E-state index is 12.4. The number of Topliss-reactive ketones (excluding diaryl/α,β-unsaturated/α-hetero) is 1. The molecule has 1 aliphatic rings. The largest absolute Gasteiger partial charge is 0.482 e. The fraction of sp³-hybridized carbons (Fsp3) is 0.357. The quantitative estimate of drug-likeness (QED) is 0.808. The van der Waals surface area contributed by atoms with E-state index in [4.69, 9.17) is 9.84 Å². The van der Waals surface area contributed by atoms with Gasteiger partial charge in [0, 0.05) is 16.0 Å². The summed E-state index contributed by atoms with van der Waals surface area (Å²) in [6.07, 6.45) is 0. The van der Waals surface area contributed by atoms with E-state index in [0.717, 1.165) is 0 Å². The van der Waals surface area contributed by atoms with Gasteiger partial charge < -0.3 is 15.2 Å². The molecule has 2 unspecified atom stereocenters. The molecule has 2 atom stereocenters. The van der Waals surface area contributed by atoms with Crippen molar-refractivity contribution in [2.45, 2.75) is 13.8 Å². The number of rotatable bonds is 4. The smallest absolute Gasteiger partial charge is 0.306 e. The lowest BCUT2D eigenvalue weighted by Crippen LogP contribution is -2.27. The monoisotopic (exact) mass is 355 g/mol. The molecule has 2 N–H and O–H groups in total. The summed E-state index contributed by atoms with van der Waals surface area (Å²) in [6.45, 7) is 2.97. The Hall–Kier alpha value is -1.89.